The zero-order valence-electron chi connectivity index (χ0n) is 12.2. The molecule has 1 aromatic rings. The van der Waals surface area contributed by atoms with Crippen LogP contribution >= 0.6 is 0 Å². The summed E-state index contributed by atoms with van der Waals surface area (Å²) >= 11 is 0. The van der Waals surface area contributed by atoms with Crippen molar-refractivity contribution < 1.29 is 19.1 Å². The largest absolute Gasteiger partial charge is 0.469 e. The zero-order chi connectivity index (χ0) is 15.9. The van der Waals surface area contributed by atoms with Crippen molar-refractivity contribution in [2.45, 2.75) is 31.4 Å². The second-order valence-electron chi connectivity index (χ2n) is 5.12. The van der Waals surface area contributed by atoms with E-state index in [2.05, 4.69) is 10.0 Å². The summed E-state index contributed by atoms with van der Waals surface area (Å²) in [7, 11) is 1.33. The minimum atomic E-state index is -0.624. The van der Waals surface area contributed by atoms with Gasteiger partial charge in [-0.1, -0.05) is 23.3 Å². The van der Waals surface area contributed by atoms with Crippen LogP contribution in [0.3, 0.4) is 0 Å². The van der Waals surface area contributed by atoms with Crippen molar-refractivity contribution in [2.75, 3.05) is 7.11 Å². The van der Waals surface area contributed by atoms with Gasteiger partial charge >= 0.3 is 11.9 Å². The van der Waals surface area contributed by atoms with E-state index in [1.54, 1.807) is 30.3 Å². The molecule has 0 amide bonds. The quantitative estimate of drug-likeness (QED) is 0.369. The fraction of sp³-hybridized carbons (Fsp3) is 0.467. The minimum Gasteiger partial charge on any atom is -0.469 e. The third kappa shape index (κ3) is 3.77. The number of ether oxygens (including phenoxy) is 2. The molecule has 0 N–H and O–H groups in total. The zero-order valence-corrected chi connectivity index (χ0v) is 12.2. The summed E-state index contributed by atoms with van der Waals surface area (Å²) in [6.07, 6.45) is 0.711. The Morgan fingerprint density at radius 3 is 2.64 bits per heavy atom. The molecule has 3 atom stereocenters. The van der Waals surface area contributed by atoms with Crippen LogP contribution in [-0.2, 0) is 14.3 Å². The fourth-order valence-corrected chi connectivity index (χ4v) is 2.60. The summed E-state index contributed by atoms with van der Waals surface area (Å²) in [6, 6.07) is 8.10. The van der Waals surface area contributed by atoms with Gasteiger partial charge in [-0.05, 0) is 36.9 Å². The predicted molar refractivity (Wildman–Crippen MR) is 77.9 cm³/mol. The van der Waals surface area contributed by atoms with Gasteiger partial charge in [-0.3, -0.25) is 4.79 Å². The minimum absolute atomic E-state index is 0.301. The van der Waals surface area contributed by atoms with Gasteiger partial charge in [-0.15, -0.1) is 0 Å². The van der Waals surface area contributed by atoms with Crippen molar-refractivity contribution in [1.29, 1.82) is 0 Å². The SMILES string of the molecule is COC(=O)[C@H]1CC[C@H](N=[N+]=[N-])[C@H](OC(=O)c2ccccc2)C1. The van der Waals surface area contributed by atoms with Gasteiger partial charge in [0.15, 0.2) is 0 Å². The number of azide groups is 1. The second kappa shape index (κ2) is 7.47. The Bertz CT molecular complexity index is 584. The van der Waals surface area contributed by atoms with E-state index in [4.69, 9.17) is 15.0 Å². The van der Waals surface area contributed by atoms with Crippen LogP contribution in [0.2, 0.25) is 0 Å². The molecule has 0 heterocycles. The lowest BCUT2D eigenvalue weighted by Gasteiger charge is -2.32. The number of carbonyl (C=O) groups is 2. The highest BCUT2D eigenvalue weighted by Gasteiger charge is 2.36. The third-order valence-corrected chi connectivity index (χ3v) is 3.76. The average molecular weight is 303 g/mol. The molecule has 0 radical (unpaired) electrons. The van der Waals surface area contributed by atoms with Gasteiger partial charge in [-0.2, -0.15) is 0 Å². The molecule has 1 aromatic carbocycles. The Labute approximate surface area is 127 Å². The van der Waals surface area contributed by atoms with Crippen LogP contribution in [-0.4, -0.2) is 31.2 Å². The average Bonchev–Trinajstić information content (AvgIpc) is 2.56. The summed E-state index contributed by atoms with van der Waals surface area (Å²) in [5, 5.41) is 3.68. The lowest BCUT2D eigenvalue weighted by Crippen LogP contribution is -2.38. The standard InChI is InChI=1S/C15H17N3O4/c1-21-14(19)11-7-8-12(17-18-16)13(9-11)22-15(20)10-5-3-2-4-6-10/h2-6,11-13H,7-9H2,1H3/t11-,12-,13+/m0/s1. The van der Waals surface area contributed by atoms with Gasteiger partial charge in [-0.25, -0.2) is 4.79 Å². The third-order valence-electron chi connectivity index (χ3n) is 3.76. The molecule has 7 nitrogen and oxygen atoms in total. The summed E-state index contributed by atoms with van der Waals surface area (Å²) < 4.78 is 10.2. The van der Waals surface area contributed by atoms with Crippen LogP contribution in [0.5, 0.6) is 0 Å². The van der Waals surface area contributed by atoms with Crippen molar-refractivity contribution in [3.05, 3.63) is 46.3 Å². The number of hydrogen-bond donors (Lipinski definition) is 0. The molecule has 0 spiro atoms. The van der Waals surface area contributed by atoms with Crippen LogP contribution < -0.4 is 0 Å². The van der Waals surface area contributed by atoms with Gasteiger partial charge in [0.25, 0.3) is 0 Å². The highest BCUT2D eigenvalue weighted by Crippen LogP contribution is 2.30. The van der Waals surface area contributed by atoms with Crippen LogP contribution in [0.1, 0.15) is 29.6 Å². The lowest BCUT2D eigenvalue weighted by molar-refractivity contribution is -0.148. The molecule has 1 aliphatic carbocycles. The van der Waals surface area contributed by atoms with E-state index in [0.29, 0.717) is 24.8 Å². The van der Waals surface area contributed by atoms with Gasteiger partial charge in [0, 0.05) is 4.91 Å². The van der Waals surface area contributed by atoms with Crippen molar-refractivity contribution in [3.8, 4) is 0 Å². The van der Waals surface area contributed by atoms with Crippen molar-refractivity contribution in [1.82, 2.24) is 0 Å². The second-order valence-corrected chi connectivity index (χ2v) is 5.12. The van der Waals surface area contributed by atoms with E-state index < -0.39 is 18.1 Å². The Balaban J connectivity index is 2.10. The Morgan fingerprint density at radius 2 is 2.00 bits per heavy atom. The van der Waals surface area contributed by atoms with Crippen LogP contribution in [0.25, 0.3) is 10.4 Å². The number of hydrogen-bond acceptors (Lipinski definition) is 5. The maximum absolute atomic E-state index is 12.1. The maximum Gasteiger partial charge on any atom is 0.338 e. The molecule has 0 aromatic heterocycles. The summed E-state index contributed by atoms with van der Waals surface area (Å²) in [6.45, 7) is 0. The van der Waals surface area contributed by atoms with E-state index in [9.17, 15) is 9.59 Å². The van der Waals surface area contributed by atoms with E-state index in [-0.39, 0.29) is 11.9 Å². The smallest absolute Gasteiger partial charge is 0.338 e. The molecule has 1 fully saturated rings. The van der Waals surface area contributed by atoms with Crippen molar-refractivity contribution in [2.24, 2.45) is 11.0 Å². The highest BCUT2D eigenvalue weighted by atomic mass is 16.5. The van der Waals surface area contributed by atoms with Gasteiger partial charge in [0.05, 0.1) is 24.6 Å². The summed E-state index contributed by atoms with van der Waals surface area (Å²) in [4.78, 5) is 26.6. The van der Waals surface area contributed by atoms with Crippen molar-refractivity contribution >= 4 is 11.9 Å². The number of rotatable bonds is 4. The highest BCUT2D eigenvalue weighted by molar-refractivity contribution is 5.89. The van der Waals surface area contributed by atoms with Gasteiger partial charge in [0.1, 0.15) is 6.10 Å². The molecule has 0 unspecified atom stereocenters. The number of esters is 2. The molecule has 1 aliphatic rings. The molecule has 0 aliphatic heterocycles. The van der Waals surface area contributed by atoms with E-state index in [0.717, 1.165) is 0 Å². The lowest BCUT2D eigenvalue weighted by atomic mass is 9.84. The first-order chi connectivity index (χ1) is 10.7. The molecule has 0 saturated heterocycles. The van der Waals surface area contributed by atoms with E-state index in [1.807, 2.05) is 0 Å². The number of benzene rings is 1. The molecular weight excluding hydrogens is 286 g/mol. The first-order valence-corrected chi connectivity index (χ1v) is 7.03. The summed E-state index contributed by atoms with van der Waals surface area (Å²) in [5.74, 6) is -1.17. The fourth-order valence-electron chi connectivity index (χ4n) is 2.60. The molecule has 22 heavy (non-hydrogen) atoms. The van der Waals surface area contributed by atoms with Crippen LogP contribution in [0, 0.1) is 5.92 Å². The maximum atomic E-state index is 12.1. The first kappa shape index (κ1) is 15.9. The van der Waals surface area contributed by atoms with Crippen LogP contribution in [0.4, 0.5) is 0 Å². The van der Waals surface area contributed by atoms with Crippen molar-refractivity contribution in [3.63, 3.8) is 0 Å². The topological polar surface area (TPSA) is 101 Å². The molecule has 2 rings (SSSR count). The normalized spacial score (nSPS) is 24.0. The van der Waals surface area contributed by atoms with Gasteiger partial charge < -0.3 is 9.47 Å². The van der Waals surface area contributed by atoms with E-state index >= 15 is 0 Å². The monoisotopic (exact) mass is 303 g/mol. The summed E-state index contributed by atoms with van der Waals surface area (Å²) in [5.41, 5.74) is 9.05. The molecular formula is C15H17N3O4. The molecule has 7 heteroatoms. The number of nitrogens with zero attached hydrogens (tertiary/aromatic N) is 3. The number of methoxy groups -OCH3 is 1. The first-order valence-electron chi connectivity index (χ1n) is 7.03. The molecule has 0 bridgehead atoms. The van der Waals surface area contributed by atoms with E-state index in [1.165, 1.54) is 7.11 Å². The predicted octanol–water partition coefficient (Wildman–Crippen LogP) is 2.86. The van der Waals surface area contributed by atoms with Gasteiger partial charge in [0.2, 0.25) is 0 Å². The Kier molecular flexibility index (Phi) is 5.38. The molecule has 1 saturated carbocycles. The Morgan fingerprint density at radius 1 is 1.27 bits per heavy atom. The Hall–Kier alpha value is -2.53. The van der Waals surface area contributed by atoms with Crippen LogP contribution in [0.15, 0.2) is 35.4 Å². The number of carbonyl (C=O) groups excluding carboxylic acids is 2. The molecule has 116 valence electrons.